The summed E-state index contributed by atoms with van der Waals surface area (Å²) in [5, 5.41) is 5.68. The van der Waals surface area contributed by atoms with Gasteiger partial charge < -0.3 is 15.4 Å². The number of hydrogen-bond donors (Lipinski definition) is 2. The molecule has 5 nitrogen and oxygen atoms in total. The molecule has 1 aliphatic rings. The first-order valence-corrected chi connectivity index (χ1v) is 8.09. The molecule has 3 rings (SSSR count). The average molecular weight is 324 g/mol. The summed E-state index contributed by atoms with van der Waals surface area (Å²) < 4.78 is 5.51. The third kappa shape index (κ3) is 4.00. The van der Waals surface area contributed by atoms with Crippen LogP contribution < -0.4 is 10.6 Å². The summed E-state index contributed by atoms with van der Waals surface area (Å²) in [7, 11) is 0. The van der Waals surface area contributed by atoms with E-state index in [0.29, 0.717) is 23.4 Å². The van der Waals surface area contributed by atoms with E-state index in [2.05, 4.69) is 10.6 Å². The minimum atomic E-state index is -0.241. The first kappa shape index (κ1) is 16.2. The van der Waals surface area contributed by atoms with Gasteiger partial charge in [-0.1, -0.05) is 30.3 Å². The number of carbonyl (C=O) groups excluding carboxylic acids is 2. The lowest BCUT2D eigenvalue weighted by Gasteiger charge is -2.13. The predicted octanol–water partition coefficient (Wildman–Crippen LogP) is 2.85. The van der Waals surface area contributed by atoms with Crippen molar-refractivity contribution in [2.24, 2.45) is 0 Å². The summed E-state index contributed by atoms with van der Waals surface area (Å²) in [6.45, 7) is 1.24. The highest BCUT2D eigenvalue weighted by atomic mass is 16.5. The van der Waals surface area contributed by atoms with Crippen molar-refractivity contribution in [1.29, 1.82) is 0 Å². The fourth-order valence-electron chi connectivity index (χ4n) is 2.68. The Bertz CT molecular complexity index is 710. The molecule has 1 aliphatic heterocycles. The minimum absolute atomic E-state index is 0.0834. The lowest BCUT2D eigenvalue weighted by molar-refractivity contribution is 0.0858. The number of anilines is 1. The molecule has 1 fully saturated rings. The van der Waals surface area contributed by atoms with E-state index in [1.165, 1.54) is 0 Å². The van der Waals surface area contributed by atoms with Crippen LogP contribution in [0.1, 0.15) is 33.6 Å². The van der Waals surface area contributed by atoms with Crippen molar-refractivity contribution in [2.75, 3.05) is 18.5 Å². The minimum Gasteiger partial charge on any atom is -0.376 e. The van der Waals surface area contributed by atoms with Gasteiger partial charge in [-0.25, -0.2) is 0 Å². The first-order valence-electron chi connectivity index (χ1n) is 8.09. The molecule has 124 valence electrons. The molecule has 0 aliphatic carbocycles. The standard InChI is InChI=1S/C19H20N2O3/c22-18(14-7-2-1-3-8-14)21-17-11-5-4-10-16(17)19(23)20-13-15-9-6-12-24-15/h1-5,7-8,10-11,15H,6,9,12-13H2,(H,20,23)(H,21,22)/t15-/m0/s1. The van der Waals surface area contributed by atoms with Gasteiger partial charge in [-0.2, -0.15) is 0 Å². The monoisotopic (exact) mass is 324 g/mol. The van der Waals surface area contributed by atoms with E-state index < -0.39 is 0 Å². The number of ether oxygens (including phenoxy) is 1. The van der Waals surface area contributed by atoms with Crippen molar-refractivity contribution in [2.45, 2.75) is 18.9 Å². The third-order valence-electron chi connectivity index (χ3n) is 3.97. The SMILES string of the molecule is O=C(Nc1ccccc1C(=O)NC[C@@H]1CCCO1)c1ccccc1. The summed E-state index contributed by atoms with van der Waals surface area (Å²) >= 11 is 0. The Kier molecular flexibility index (Phi) is 5.23. The number of amides is 2. The van der Waals surface area contributed by atoms with Crippen LogP contribution in [-0.4, -0.2) is 31.1 Å². The maximum Gasteiger partial charge on any atom is 0.255 e. The number of rotatable bonds is 5. The van der Waals surface area contributed by atoms with Crippen LogP contribution in [0.3, 0.4) is 0 Å². The molecule has 24 heavy (non-hydrogen) atoms. The fraction of sp³-hybridized carbons (Fsp3) is 0.263. The van der Waals surface area contributed by atoms with Gasteiger partial charge in [0.2, 0.25) is 0 Å². The van der Waals surface area contributed by atoms with Crippen LogP contribution in [0.25, 0.3) is 0 Å². The largest absolute Gasteiger partial charge is 0.376 e. The van der Waals surface area contributed by atoms with Gasteiger partial charge in [0.15, 0.2) is 0 Å². The van der Waals surface area contributed by atoms with Crippen LogP contribution in [0.4, 0.5) is 5.69 Å². The number of hydrogen-bond acceptors (Lipinski definition) is 3. The molecule has 1 heterocycles. The molecule has 2 N–H and O–H groups in total. The van der Waals surface area contributed by atoms with Gasteiger partial charge in [-0.3, -0.25) is 9.59 Å². The van der Waals surface area contributed by atoms with Gasteiger partial charge in [0, 0.05) is 18.7 Å². The zero-order chi connectivity index (χ0) is 16.8. The molecule has 0 radical (unpaired) electrons. The Morgan fingerprint density at radius 2 is 1.75 bits per heavy atom. The Hall–Kier alpha value is -2.66. The molecule has 2 aromatic rings. The third-order valence-corrected chi connectivity index (χ3v) is 3.97. The predicted molar refractivity (Wildman–Crippen MR) is 92.1 cm³/mol. The van der Waals surface area contributed by atoms with E-state index in [1.54, 1.807) is 48.5 Å². The van der Waals surface area contributed by atoms with Gasteiger partial charge in [0.1, 0.15) is 0 Å². The lowest BCUT2D eigenvalue weighted by Crippen LogP contribution is -2.32. The molecule has 0 saturated carbocycles. The van der Waals surface area contributed by atoms with Crippen LogP contribution in [0.15, 0.2) is 54.6 Å². The Morgan fingerprint density at radius 1 is 1.00 bits per heavy atom. The highest BCUT2D eigenvalue weighted by Gasteiger charge is 2.18. The normalized spacial score (nSPS) is 16.6. The van der Waals surface area contributed by atoms with E-state index in [-0.39, 0.29) is 17.9 Å². The molecule has 0 unspecified atom stereocenters. The van der Waals surface area contributed by atoms with E-state index in [9.17, 15) is 9.59 Å². The highest BCUT2D eigenvalue weighted by molar-refractivity contribution is 6.08. The quantitative estimate of drug-likeness (QED) is 0.889. The van der Waals surface area contributed by atoms with E-state index in [0.717, 1.165) is 19.4 Å². The summed E-state index contributed by atoms with van der Waals surface area (Å²) in [4.78, 5) is 24.7. The fourth-order valence-corrected chi connectivity index (χ4v) is 2.68. The molecular formula is C19H20N2O3. The zero-order valence-corrected chi connectivity index (χ0v) is 13.3. The maximum absolute atomic E-state index is 12.4. The molecule has 0 bridgehead atoms. The molecule has 0 spiro atoms. The summed E-state index contributed by atoms with van der Waals surface area (Å²) in [6, 6.07) is 15.9. The molecule has 5 heteroatoms. The number of para-hydroxylation sites is 1. The second kappa shape index (κ2) is 7.75. The lowest BCUT2D eigenvalue weighted by atomic mass is 10.1. The topological polar surface area (TPSA) is 67.4 Å². The Labute approximate surface area is 141 Å². The van der Waals surface area contributed by atoms with E-state index in [1.807, 2.05) is 6.07 Å². The Morgan fingerprint density at radius 3 is 2.50 bits per heavy atom. The molecule has 2 amide bonds. The molecule has 1 saturated heterocycles. The first-order chi connectivity index (χ1) is 11.7. The van der Waals surface area contributed by atoms with Gasteiger partial charge in [-0.05, 0) is 37.1 Å². The maximum atomic E-state index is 12.4. The van der Waals surface area contributed by atoms with Gasteiger partial charge in [-0.15, -0.1) is 0 Å². The summed E-state index contributed by atoms with van der Waals surface area (Å²) in [6.07, 6.45) is 2.08. The average Bonchev–Trinajstić information content (AvgIpc) is 3.14. The number of carbonyl (C=O) groups is 2. The van der Waals surface area contributed by atoms with E-state index in [4.69, 9.17) is 4.74 Å². The van der Waals surface area contributed by atoms with Crippen LogP contribution in [0.5, 0.6) is 0 Å². The van der Waals surface area contributed by atoms with Crippen molar-refractivity contribution < 1.29 is 14.3 Å². The second-order valence-corrected chi connectivity index (χ2v) is 5.71. The zero-order valence-electron chi connectivity index (χ0n) is 13.3. The summed E-state index contributed by atoms with van der Waals surface area (Å²) in [5.74, 6) is -0.454. The van der Waals surface area contributed by atoms with Crippen molar-refractivity contribution in [3.8, 4) is 0 Å². The second-order valence-electron chi connectivity index (χ2n) is 5.71. The van der Waals surface area contributed by atoms with Crippen LogP contribution in [0, 0.1) is 0 Å². The molecule has 1 atom stereocenters. The van der Waals surface area contributed by atoms with Crippen molar-refractivity contribution in [1.82, 2.24) is 5.32 Å². The van der Waals surface area contributed by atoms with E-state index >= 15 is 0 Å². The van der Waals surface area contributed by atoms with Crippen LogP contribution in [0.2, 0.25) is 0 Å². The van der Waals surface area contributed by atoms with Crippen molar-refractivity contribution in [3.05, 3.63) is 65.7 Å². The van der Waals surface area contributed by atoms with Crippen LogP contribution >= 0.6 is 0 Å². The number of nitrogens with one attached hydrogen (secondary N) is 2. The van der Waals surface area contributed by atoms with Gasteiger partial charge in [0.25, 0.3) is 11.8 Å². The van der Waals surface area contributed by atoms with Crippen molar-refractivity contribution >= 4 is 17.5 Å². The smallest absolute Gasteiger partial charge is 0.255 e. The number of benzene rings is 2. The van der Waals surface area contributed by atoms with Crippen molar-refractivity contribution in [3.63, 3.8) is 0 Å². The highest BCUT2D eigenvalue weighted by Crippen LogP contribution is 2.17. The molecule has 0 aromatic heterocycles. The Balaban J connectivity index is 1.68. The molecule has 2 aromatic carbocycles. The van der Waals surface area contributed by atoms with Gasteiger partial charge >= 0.3 is 0 Å². The molecular weight excluding hydrogens is 304 g/mol. The van der Waals surface area contributed by atoms with Gasteiger partial charge in [0.05, 0.1) is 17.4 Å². The summed E-state index contributed by atoms with van der Waals surface area (Å²) in [5.41, 5.74) is 1.49. The van der Waals surface area contributed by atoms with Crippen LogP contribution in [-0.2, 0) is 4.74 Å².